The van der Waals surface area contributed by atoms with E-state index < -0.39 is 0 Å². The predicted octanol–water partition coefficient (Wildman–Crippen LogP) is 1.90. The Morgan fingerprint density at radius 3 is 3.10 bits per heavy atom. The number of anilines is 1. The summed E-state index contributed by atoms with van der Waals surface area (Å²) in [5, 5.41) is 12.5. The molecule has 3 rings (SSSR count). The van der Waals surface area contributed by atoms with E-state index in [0.717, 1.165) is 35.3 Å². The summed E-state index contributed by atoms with van der Waals surface area (Å²) in [4.78, 5) is 8.56. The first-order chi connectivity index (χ1) is 9.86. The van der Waals surface area contributed by atoms with E-state index in [1.807, 2.05) is 35.1 Å². The lowest BCUT2D eigenvalue weighted by atomic mass is 10.4. The molecule has 102 valence electrons. The van der Waals surface area contributed by atoms with Crippen molar-refractivity contribution < 1.29 is 0 Å². The van der Waals surface area contributed by atoms with E-state index in [9.17, 15) is 0 Å². The van der Waals surface area contributed by atoms with E-state index >= 15 is 0 Å². The third-order valence-electron chi connectivity index (χ3n) is 2.86. The summed E-state index contributed by atoms with van der Waals surface area (Å²) in [7, 11) is 0. The normalized spacial score (nSPS) is 10.8. The molecule has 0 amide bonds. The zero-order chi connectivity index (χ0) is 13.8. The van der Waals surface area contributed by atoms with Crippen LogP contribution < -0.4 is 5.32 Å². The van der Waals surface area contributed by atoms with Gasteiger partial charge in [0.2, 0.25) is 0 Å². The molecule has 0 aromatic carbocycles. The Morgan fingerprint density at radius 1 is 1.25 bits per heavy atom. The zero-order valence-electron chi connectivity index (χ0n) is 11.0. The molecule has 0 aliphatic rings. The molecule has 0 spiro atoms. The van der Waals surface area contributed by atoms with Gasteiger partial charge in [-0.15, -0.1) is 22.0 Å². The van der Waals surface area contributed by atoms with Crippen molar-refractivity contribution in [2.24, 2.45) is 0 Å². The highest BCUT2D eigenvalue weighted by atomic mass is 32.2. The highest BCUT2D eigenvalue weighted by Crippen LogP contribution is 2.12. The smallest absolute Gasteiger partial charge is 0.160 e. The topological polar surface area (TPSA) is 68.0 Å². The number of nitrogens with one attached hydrogen (secondary N) is 1. The van der Waals surface area contributed by atoms with Crippen LogP contribution in [0.2, 0.25) is 0 Å². The van der Waals surface area contributed by atoms with Crippen LogP contribution in [-0.4, -0.2) is 37.4 Å². The maximum Gasteiger partial charge on any atom is 0.160 e. The minimum Gasteiger partial charge on any atom is -0.368 e. The number of fused-ring (bicyclic) bond motifs is 1. The quantitative estimate of drug-likeness (QED) is 0.722. The molecule has 0 aliphatic carbocycles. The Bertz CT molecular complexity index is 711. The Balaban J connectivity index is 1.65. The minimum atomic E-state index is 0.738. The van der Waals surface area contributed by atoms with Gasteiger partial charge in [0.05, 0.1) is 12.4 Å². The third-order valence-corrected chi connectivity index (χ3v) is 3.48. The number of rotatable bonds is 5. The number of nitrogens with zero attached hydrogens (tertiary/aromatic N) is 5. The molecule has 0 unspecified atom stereocenters. The molecule has 3 heterocycles. The van der Waals surface area contributed by atoms with Crippen molar-refractivity contribution in [1.82, 2.24) is 24.6 Å². The first-order valence-corrected chi connectivity index (χ1v) is 7.48. The van der Waals surface area contributed by atoms with Crippen LogP contribution in [0.3, 0.4) is 0 Å². The number of thioether (sulfide) groups is 1. The van der Waals surface area contributed by atoms with E-state index in [2.05, 4.69) is 25.5 Å². The molecule has 3 aromatic heterocycles. The molecule has 3 aromatic rings. The number of hydrogen-bond donors (Lipinski definition) is 1. The van der Waals surface area contributed by atoms with Gasteiger partial charge in [-0.25, -0.2) is 4.98 Å². The van der Waals surface area contributed by atoms with Crippen molar-refractivity contribution in [2.45, 2.75) is 11.4 Å². The summed E-state index contributed by atoms with van der Waals surface area (Å²) in [6.45, 7) is 0.738. The molecule has 0 bridgehead atoms. The van der Waals surface area contributed by atoms with Crippen molar-refractivity contribution in [2.75, 3.05) is 18.1 Å². The average Bonchev–Trinajstić information content (AvgIpc) is 2.91. The first kappa shape index (κ1) is 12.9. The maximum absolute atomic E-state index is 4.42. The van der Waals surface area contributed by atoms with Gasteiger partial charge in [0.15, 0.2) is 5.65 Å². The molecule has 0 saturated carbocycles. The van der Waals surface area contributed by atoms with E-state index in [1.54, 1.807) is 24.2 Å². The fourth-order valence-corrected chi connectivity index (χ4v) is 2.25. The minimum absolute atomic E-state index is 0.738. The SMILES string of the molecule is CSc1cncc(NCCc2nnc3ccccn23)n1. The van der Waals surface area contributed by atoms with E-state index in [4.69, 9.17) is 0 Å². The van der Waals surface area contributed by atoms with Gasteiger partial charge in [0, 0.05) is 19.2 Å². The van der Waals surface area contributed by atoms with Gasteiger partial charge in [-0.05, 0) is 18.4 Å². The summed E-state index contributed by atoms with van der Waals surface area (Å²) in [6, 6.07) is 5.87. The number of hydrogen-bond acceptors (Lipinski definition) is 6. The molecule has 0 atom stereocenters. The van der Waals surface area contributed by atoms with Crippen LogP contribution in [0.4, 0.5) is 5.82 Å². The lowest BCUT2D eigenvalue weighted by molar-refractivity contribution is 0.864. The summed E-state index contributed by atoms with van der Waals surface area (Å²) >= 11 is 1.58. The van der Waals surface area contributed by atoms with Gasteiger partial charge >= 0.3 is 0 Å². The maximum atomic E-state index is 4.42. The van der Waals surface area contributed by atoms with Gasteiger partial charge in [-0.2, -0.15) is 0 Å². The van der Waals surface area contributed by atoms with Crippen molar-refractivity contribution in [3.05, 3.63) is 42.6 Å². The number of aromatic nitrogens is 5. The Hall–Kier alpha value is -2.15. The zero-order valence-corrected chi connectivity index (χ0v) is 11.8. The predicted molar refractivity (Wildman–Crippen MR) is 79.0 cm³/mol. The second-order valence-electron chi connectivity index (χ2n) is 4.17. The first-order valence-electron chi connectivity index (χ1n) is 6.25. The van der Waals surface area contributed by atoms with Crippen molar-refractivity contribution in [3.63, 3.8) is 0 Å². The highest BCUT2D eigenvalue weighted by Gasteiger charge is 2.04. The highest BCUT2D eigenvalue weighted by molar-refractivity contribution is 7.98. The Kier molecular flexibility index (Phi) is 3.78. The fraction of sp³-hybridized carbons (Fsp3) is 0.231. The van der Waals surface area contributed by atoms with Crippen molar-refractivity contribution in [3.8, 4) is 0 Å². The Labute approximate surface area is 120 Å². The lowest BCUT2D eigenvalue weighted by Crippen LogP contribution is -2.09. The van der Waals surface area contributed by atoms with Gasteiger partial charge in [0.25, 0.3) is 0 Å². The second-order valence-corrected chi connectivity index (χ2v) is 5.00. The van der Waals surface area contributed by atoms with Gasteiger partial charge in [-0.1, -0.05) is 6.07 Å². The summed E-state index contributed by atoms with van der Waals surface area (Å²) in [6.07, 6.45) is 8.20. The fourth-order valence-electron chi connectivity index (χ4n) is 1.90. The van der Waals surface area contributed by atoms with Gasteiger partial charge in [-0.3, -0.25) is 9.38 Å². The molecular weight excluding hydrogens is 272 g/mol. The third kappa shape index (κ3) is 2.72. The van der Waals surface area contributed by atoms with Crippen molar-refractivity contribution >= 4 is 23.2 Å². The van der Waals surface area contributed by atoms with Gasteiger partial charge < -0.3 is 5.32 Å². The average molecular weight is 286 g/mol. The van der Waals surface area contributed by atoms with E-state index in [0.29, 0.717) is 0 Å². The molecule has 0 aliphatic heterocycles. The van der Waals surface area contributed by atoms with Crippen molar-refractivity contribution in [1.29, 1.82) is 0 Å². The molecular formula is C13H14N6S. The molecule has 0 radical (unpaired) electrons. The standard InChI is InChI=1S/C13H14N6S/c1-20-13-9-14-8-10(16-13)15-6-5-12-18-17-11-4-2-3-7-19(11)12/h2-4,7-9H,5-6H2,1H3,(H,15,16). The van der Waals surface area contributed by atoms with Crippen LogP contribution in [0.25, 0.3) is 5.65 Å². The van der Waals surface area contributed by atoms with E-state index in [1.165, 1.54) is 0 Å². The molecule has 0 fully saturated rings. The van der Waals surface area contributed by atoms with Crippen LogP contribution in [0.1, 0.15) is 5.82 Å². The van der Waals surface area contributed by atoms with Crippen LogP contribution >= 0.6 is 11.8 Å². The number of pyridine rings is 1. The van der Waals surface area contributed by atoms with Crippen LogP contribution in [0.15, 0.2) is 41.8 Å². The van der Waals surface area contributed by atoms with Crippen LogP contribution in [0.5, 0.6) is 0 Å². The van der Waals surface area contributed by atoms with E-state index in [-0.39, 0.29) is 0 Å². The monoisotopic (exact) mass is 286 g/mol. The second kappa shape index (κ2) is 5.87. The molecule has 1 N–H and O–H groups in total. The molecule has 7 heteroatoms. The summed E-state index contributed by atoms with van der Waals surface area (Å²) in [5.74, 6) is 1.72. The molecule has 6 nitrogen and oxygen atoms in total. The molecule has 20 heavy (non-hydrogen) atoms. The van der Waals surface area contributed by atoms with Crippen LogP contribution in [-0.2, 0) is 6.42 Å². The summed E-state index contributed by atoms with van der Waals surface area (Å²) in [5.41, 5.74) is 0.867. The Morgan fingerprint density at radius 2 is 2.20 bits per heavy atom. The lowest BCUT2D eigenvalue weighted by Gasteiger charge is -2.05. The largest absolute Gasteiger partial charge is 0.368 e. The summed E-state index contributed by atoms with van der Waals surface area (Å²) < 4.78 is 1.99. The van der Waals surface area contributed by atoms with Gasteiger partial charge in [0.1, 0.15) is 16.7 Å². The van der Waals surface area contributed by atoms with Crippen LogP contribution in [0, 0.1) is 0 Å². The molecule has 0 saturated heterocycles.